The van der Waals surface area contributed by atoms with Crippen LogP contribution in [0, 0.1) is 13.8 Å². The van der Waals surface area contributed by atoms with Gasteiger partial charge in [-0.3, -0.25) is 14.3 Å². The predicted octanol–water partition coefficient (Wildman–Crippen LogP) is 3.43. The van der Waals surface area contributed by atoms with Crippen molar-refractivity contribution in [1.82, 2.24) is 24.3 Å². The van der Waals surface area contributed by atoms with E-state index >= 15 is 0 Å². The number of nitrogens with zero attached hydrogens (tertiary/aromatic N) is 5. The van der Waals surface area contributed by atoms with Crippen molar-refractivity contribution in [2.45, 2.75) is 50.4 Å². The molecule has 32 heavy (non-hydrogen) atoms. The molecule has 0 aromatic carbocycles. The maximum atomic E-state index is 13.1. The molecule has 5 rings (SSSR count). The van der Waals surface area contributed by atoms with Crippen LogP contribution in [0.25, 0.3) is 11.4 Å². The van der Waals surface area contributed by atoms with Gasteiger partial charge in [0, 0.05) is 47.0 Å². The van der Waals surface area contributed by atoms with Gasteiger partial charge >= 0.3 is 0 Å². The molecule has 1 aliphatic heterocycles. The summed E-state index contributed by atoms with van der Waals surface area (Å²) in [4.78, 5) is 17.3. The van der Waals surface area contributed by atoms with E-state index in [-0.39, 0.29) is 29.1 Å². The minimum Gasteiger partial charge on any atom is -0.344 e. The molecular formula is C22H25N5O3S2. The zero-order valence-electron chi connectivity index (χ0n) is 18.1. The van der Waals surface area contributed by atoms with Gasteiger partial charge in [-0.2, -0.15) is 0 Å². The molecule has 2 aliphatic rings. The molecule has 2 fully saturated rings. The number of aromatic nitrogens is 5. The van der Waals surface area contributed by atoms with E-state index in [0.29, 0.717) is 18.0 Å². The van der Waals surface area contributed by atoms with Crippen LogP contribution >= 0.6 is 11.8 Å². The Labute approximate surface area is 191 Å². The summed E-state index contributed by atoms with van der Waals surface area (Å²) in [6.45, 7) is 3.84. The monoisotopic (exact) mass is 471 g/mol. The standard InChI is InChI=1S/C22H25N5O3S2/c1-14-10-19(15(2)26(14)18-7-9-32(29,30)13-18)20(28)12-31-22-25-24-21(27(22)17-5-6-17)16-4-3-8-23-11-16/h3-4,8,10-11,17-18H,5-7,9,12-13H2,1-2H3/t18-/m0/s1. The quantitative estimate of drug-likeness (QED) is 0.384. The number of sulfone groups is 1. The molecule has 0 unspecified atom stereocenters. The van der Waals surface area contributed by atoms with Crippen LogP contribution in [0.2, 0.25) is 0 Å². The average molecular weight is 472 g/mol. The van der Waals surface area contributed by atoms with Gasteiger partial charge in [0.05, 0.1) is 17.3 Å². The lowest BCUT2D eigenvalue weighted by atomic mass is 10.2. The number of carbonyl (C=O) groups excluding carboxylic acids is 1. The average Bonchev–Trinajstić information content (AvgIpc) is 3.31. The van der Waals surface area contributed by atoms with Gasteiger partial charge in [-0.25, -0.2) is 8.42 Å². The maximum Gasteiger partial charge on any atom is 0.192 e. The number of hydrogen-bond acceptors (Lipinski definition) is 7. The lowest BCUT2D eigenvalue weighted by Crippen LogP contribution is -2.14. The summed E-state index contributed by atoms with van der Waals surface area (Å²) in [5.74, 6) is 1.42. The summed E-state index contributed by atoms with van der Waals surface area (Å²) in [7, 11) is -2.99. The zero-order chi connectivity index (χ0) is 22.5. The Bertz CT molecular complexity index is 1280. The van der Waals surface area contributed by atoms with E-state index in [1.807, 2.05) is 36.6 Å². The molecule has 1 saturated heterocycles. The first-order valence-corrected chi connectivity index (χ1v) is 13.5. The molecule has 3 aromatic rings. The van der Waals surface area contributed by atoms with Gasteiger partial charge < -0.3 is 4.57 Å². The van der Waals surface area contributed by atoms with Crippen LogP contribution in [-0.2, 0) is 9.84 Å². The molecule has 0 spiro atoms. The summed E-state index contributed by atoms with van der Waals surface area (Å²) >= 11 is 1.40. The first-order valence-electron chi connectivity index (χ1n) is 10.7. The van der Waals surface area contributed by atoms with Crippen LogP contribution in [0.4, 0.5) is 0 Å². The van der Waals surface area contributed by atoms with Gasteiger partial charge in [-0.15, -0.1) is 10.2 Å². The van der Waals surface area contributed by atoms with Crippen LogP contribution in [-0.4, -0.2) is 55.8 Å². The molecule has 1 atom stereocenters. The molecule has 8 nitrogen and oxygen atoms in total. The summed E-state index contributed by atoms with van der Waals surface area (Å²) in [6, 6.07) is 6.01. The fourth-order valence-corrected chi connectivity index (χ4v) is 7.13. The highest BCUT2D eigenvalue weighted by Gasteiger charge is 2.33. The van der Waals surface area contributed by atoms with Gasteiger partial charge in [0.15, 0.2) is 26.6 Å². The van der Waals surface area contributed by atoms with Crippen LogP contribution in [0.15, 0.2) is 35.7 Å². The Morgan fingerprint density at radius 2 is 1.97 bits per heavy atom. The number of hydrogen-bond donors (Lipinski definition) is 0. The normalized spacial score (nSPS) is 20.0. The van der Waals surface area contributed by atoms with Crippen molar-refractivity contribution < 1.29 is 13.2 Å². The van der Waals surface area contributed by atoms with E-state index < -0.39 is 9.84 Å². The van der Waals surface area contributed by atoms with E-state index in [1.54, 1.807) is 12.4 Å². The highest BCUT2D eigenvalue weighted by molar-refractivity contribution is 7.99. The van der Waals surface area contributed by atoms with Gasteiger partial charge in [-0.05, 0) is 51.3 Å². The summed E-state index contributed by atoms with van der Waals surface area (Å²) in [6.07, 6.45) is 6.27. The topological polar surface area (TPSA) is 99.7 Å². The Balaban J connectivity index is 1.35. The number of ketones is 1. The lowest BCUT2D eigenvalue weighted by Gasteiger charge is -2.16. The van der Waals surface area contributed by atoms with Crippen LogP contribution in [0.3, 0.4) is 0 Å². The fraction of sp³-hybridized carbons (Fsp3) is 0.455. The second-order valence-corrected chi connectivity index (χ2v) is 11.7. The molecule has 0 bridgehead atoms. The lowest BCUT2D eigenvalue weighted by molar-refractivity contribution is 0.102. The van der Waals surface area contributed by atoms with E-state index in [0.717, 1.165) is 40.8 Å². The molecule has 4 heterocycles. The highest BCUT2D eigenvalue weighted by atomic mass is 32.2. The second kappa shape index (κ2) is 8.15. The minimum absolute atomic E-state index is 0.0171. The van der Waals surface area contributed by atoms with Gasteiger partial charge in [-0.1, -0.05) is 11.8 Å². The Morgan fingerprint density at radius 1 is 1.16 bits per heavy atom. The van der Waals surface area contributed by atoms with Gasteiger partial charge in [0.1, 0.15) is 0 Å². The number of aryl methyl sites for hydroxylation is 1. The maximum absolute atomic E-state index is 13.1. The molecule has 1 saturated carbocycles. The molecule has 0 radical (unpaired) electrons. The molecule has 1 aliphatic carbocycles. The summed E-state index contributed by atoms with van der Waals surface area (Å²) < 4.78 is 28.0. The van der Waals surface area contributed by atoms with Crippen molar-refractivity contribution >= 4 is 27.4 Å². The third-order valence-electron chi connectivity index (χ3n) is 6.19. The van der Waals surface area contributed by atoms with Crippen molar-refractivity contribution in [3.05, 3.63) is 47.5 Å². The van der Waals surface area contributed by atoms with Crippen LogP contribution < -0.4 is 0 Å². The SMILES string of the molecule is Cc1cc(C(=O)CSc2nnc(-c3cccnc3)n2C2CC2)c(C)n1[C@H]1CCS(=O)(=O)C1. The van der Waals surface area contributed by atoms with Crippen molar-refractivity contribution in [1.29, 1.82) is 0 Å². The summed E-state index contributed by atoms with van der Waals surface area (Å²) in [5.41, 5.74) is 3.34. The van der Waals surface area contributed by atoms with Crippen molar-refractivity contribution in [3.63, 3.8) is 0 Å². The second-order valence-electron chi connectivity index (χ2n) is 8.57. The Kier molecular flexibility index (Phi) is 5.45. The molecule has 0 amide bonds. The summed E-state index contributed by atoms with van der Waals surface area (Å²) in [5, 5.41) is 9.49. The highest BCUT2D eigenvalue weighted by Crippen LogP contribution is 2.41. The minimum atomic E-state index is -2.99. The predicted molar refractivity (Wildman–Crippen MR) is 123 cm³/mol. The number of carbonyl (C=O) groups is 1. The van der Waals surface area contributed by atoms with Gasteiger partial charge in [0.2, 0.25) is 0 Å². The number of pyridine rings is 1. The molecular weight excluding hydrogens is 446 g/mol. The smallest absolute Gasteiger partial charge is 0.192 e. The van der Waals surface area contributed by atoms with Gasteiger partial charge in [0.25, 0.3) is 0 Å². The third-order valence-corrected chi connectivity index (χ3v) is 8.88. The van der Waals surface area contributed by atoms with Crippen molar-refractivity contribution in [2.75, 3.05) is 17.3 Å². The first-order chi connectivity index (χ1) is 15.3. The van der Waals surface area contributed by atoms with Crippen molar-refractivity contribution in [3.8, 4) is 11.4 Å². The number of Topliss-reactive ketones (excluding diaryl/α,β-unsaturated/α-hetero) is 1. The van der Waals surface area contributed by atoms with E-state index in [9.17, 15) is 13.2 Å². The first kappa shape index (κ1) is 21.4. The zero-order valence-corrected chi connectivity index (χ0v) is 19.7. The molecule has 3 aromatic heterocycles. The Morgan fingerprint density at radius 3 is 2.62 bits per heavy atom. The van der Waals surface area contributed by atoms with Crippen molar-refractivity contribution in [2.24, 2.45) is 0 Å². The van der Waals surface area contributed by atoms with E-state index in [4.69, 9.17) is 0 Å². The molecule has 0 N–H and O–H groups in total. The van der Waals surface area contributed by atoms with Crippen LogP contribution in [0.1, 0.15) is 53.1 Å². The van der Waals surface area contributed by atoms with Crippen LogP contribution in [0.5, 0.6) is 0 Å². The molecule has 10 heteroatoms. The van der Waals surface area contributed by atoms with E-state index in [1.165, 1.54) is 11.8 Å². The Hall–Kier alpha value is -2.46. The number of rotatable bonds is 7. The largest absolute Gasteiger partial charge is 0.344 e. The molecule has 168 valence electrons. The third kappa shape index (κ3) is 4.01. The van der Waals surface area contributed by atoms with E-state index in [2.05, 4.69) is 19.7 Å². The fourth-order valence-electron chi connectivity index (χ4n) is 4.54. The number of thioether (sulfide) groups is 1.